The largest absolute Gasteiger partial charge is 0.481 e. The number of anilines is 2. The van der Waals surface area contributed by atoms with Gasteiger partial charge in [0.25, 0.3) is 0 Å². The second kappa shape index (κ2) is 8.67. The number of urea groups is 1. The number of carboxylic acid groups (broad SMARTS) is 1. The summed E-state index contributed by atoms with van der Waals surface area (Å²) in [6.45, 7) is 2.37. The van der Waals surface area contributed by atoms with E-state index in [9.17, 15) is 28.8 Å². The molecule has 0 unspecified atom stereocenters. The summed E-state index contributed by atoms with van der Waals surface area (Å²) < 4.78 is 0. The number of fused-ring (bicyclic) bond motifs is 4. The second-order valence-electron chi connectivity index (χ2n) is 9.12. The Kier molecular flexibility index (Phi) is 5.99. The summed E-state index contributed by atoms with van der Waals surface area (Å²) in [6, 6.07) is 3.72. The molecule has 3 aliphatic heterocycles. The van der Waals surface area contributed by atoms with E-state index in [1.165, 1.54) is 21.0 Å². The number of carbonyl (C=O) groups excluding carboxylic acids is 5. The van der Waals surface area contributed by atoms with Crippen molar-refractivity contribution >= 4 is 47.0 Å². The van der Waals surface area contributed by atoms with Gasteiger partial charge < -0.3 is 20.2 Å². The zero-order valence-corrected chi connectivity index (χ0v) is 19.7. The molecule has 12 nitrogen and oxygen atoms in total. The van der Waals surface area contributed by atoms with Crippen LogP contribution < -0.4 is 10.2 Å². The molecule has 12 heteroatoms. The molecule has 3 heterocycles. The Morgan fingerprint density at radius 1 is 1.06 bits per heavy atom. The van der Waals surface area contributed by atoms with Crippen LogP contribution in [0.4, 0.5) is 16.2 Å². The molecule has 0 bridgehead atoms. The molecule has 1 aromatic carbocycles. The Hall–Kier alpha value is -3.96. The highest BCUT2D eigenvalue weighted by atomic mass is 16.4. The lowest BCUT2D eigenvalue weighted by atomic mass is 9.67. The van der Waals surface area contributed by atoms with Gasteiger partial charge in [-0.05, 0) is 30.2 Å². The van der Waals surface area contributed by atoms with Crippen LogP contribution in [0.15, 0.2) is 18.2 Å². The van der Waals surface area contributed by atoms with Crippen molar-refractivity contribution in [1.82, 2.24) is 14.7 Å². The number of carbonyl (C=O) groups is 6. The summed E-state index contributed by atoms with van der Waals surface area (Å²) in [6.07, 6.45) is -0.522. The lowest BCUT2D eigenvalue weighted by Gasteiger charge is -2.56. The summed E-state index contributed by atoms with van der Waals surface area (Å²) in [5.74, 6) is -2.99. The van der Waals surface area contributed by atoms with E-state index in [1.807, 2.05) is 4.90 Å². The summed E-state index contributed by atoms with van der Waals surface area (Å²) in [7, 11) is 2.67. The fraction of sp³-hybridized carbons (Fsp3) is 0.478. The van der Waals surface area contributed by atoms with Crippen LogP contribution in [0.3, 0.4) is 0 Å². The predicted octanol–water partition coefficient (Wildman–Crippen LogP) is 0.120. The van der Waals surface area contributed by atoms with Gasteiger partial charge in [-0.2, -0.15) is 0 Å². The number of nitrogens with zero attached hydrogens (tertiary/aromatic N) is 4. The van der Waals surface area contributed by atoms with Crippen LogP contribution >= 0.6 is 0 Å². The minimum absolute atomic E-state index is 0.0201. The summed E-state index contributed by atoms with van der Waals surface area (Å²) >= 11 is 0. The number of hydrogen-bond donors (Lipinski definition) is 2. The molecule has 0 aliphatic carbocycles. The van der Waals surface area contributed by atoms with Crippen LogP contribution in [0.5, 0.6) is 0 Å². The van der Waals surface area contributed by atoms with Crippen molar-refractivity contribution in [1.29, 1.82) is 0 Å². The quantitative estimate of drug-likeness (QED) is 0.572. The Morgan fingerprint density at radius 3 is 2.31 bits per heavy atom. The van der Waals surface area contributed by atoms with Gasteiger partial charge in [0.15, 0.2) is 5.41 Å². The molecule has 35 heavy (non-hydrogen) atoms. The third-order valence-electron chi connectivity index (χ3n) is 7.05. The van der Waals surface area contributed by atoms with Crippen LogP contribution in [-0.4, -0.2) is 95.2 Å². The zero-order valence-electron chi connectivity index (χ0n) is 19.7. The number of rotatable bonds is 4. The first-order valence-corrected chi connectivity index (χ1v) is 11.2. The molecule has 0 aromatic heterocycles. The van der Waals surface area contributed by atoms with Crippen molar-refractivity contribution in [2.24, 2.45) is 5.41 Å². The monoisotopic (exact) mass is 485 g/mol. The van der Waals surface area contributed by atoms with E-state index in [4.69, 9.17) is 5.11 Å². The standard InChI is InChI=1S/C23H27N5O7/c1-13(29)27-8-9-28-16-5-4-15(24-18(30)6-7-19(31)32)10-14(16)11-23(17(28)12-27)20(33)25(2)22(35)26(3)21(23)34/h4-5,10,17H,6-9,11-12H2,1-3H3,(H,24,30)(H,31,32)/t17-/m0/s1. The van der Waals surface area contributed by atoms with E-state index in [0.717, 1.165) is 15.5 Å². The molecule has 1 spiro atoms. The van der Waals surface area contributed by atoms with Gasteiger partial charge in [-0.3, -0.25) is 33.8 Å². The third kappa shape index (κ3) is 3.88. The zero-order chi connectivity index (χ0) is 25.7. The molecule has 1 atom stereocenters. The van der Waals surface area contributed by atoms with Crippen LogP contribution in [0.25, 0.3) is 0 Å². The highest BCUT2D eigenvalue weighted by Gasteiger charge is 2.64. The maximum atomic E-state index is 13.6. The van der Waals surface area contributed by atoms with Gasteiger partial charge in [0.1, 0.15) is 0 Å². The number of benzene rings is 1. The van der Waals surface area contributed by atoms with Crippen molar-refractivity contribution in [3.05, 3.63) is 23.8 Å². The van der Waals surface area contributed by atoms with Crippen LogP contribution in [0.1, 0.15) is 25.3 Å². The van der Waals surface area contributed by atoms with E-state index in [0.29, 0.717) is 24.3 Å². The average molecular weight is 485 g/mol. The highest BCUT2D eigenvalue weighted by Crippen LogP contribution is 2.47. The maximum absolute atomic E-state index is 13.6. The molecule has 6 amide bonds. The Bertz CT molecular complexity index is 1130. The number of barbiturate groups is 1. The van der Waals surface area contributed by atoms with E-state index in [1.54, 1.807) is 23.1 Å². The fourth-order valence-electron chi connectivity index (χ4n) is 5.25. The highest BCUT2D eigenvalue weighted by molar-refractivity contribution is 6.20. The van der Waals surface area contributed by atoms with Gasteiger partial charge in [-0.25, -0.2) is 4.79 Å². The van der Waals surface area contributed by atoms with Crippen LogP contribution in [0, 0.1) is 5.41 Å². The molecular weight excluding hydrogens is 458 g/mol. The predicted molar refractivity (Wildman–Crippen MR) is 122 cm³/mol. The molecule has 4 rings (SSSR count). The molecular formula is C23H27N5O7. The SMILES string of the molecule is CC(=O)N1CCN2c3ccc(NC(=O)CCC(=O)O)cc3CC3(C(=O)N(C)C(=O)N(C)C3=O)[C@@H]2C1. The summed E-state index contributed by atoms with van der Waals surface area (Å²) in [4.78, 5) is 80.2. The van der Waals surface area contributed by atoms with Gasteiger partial charge in [0.05, 0.1) is 12.5 Å². The lowest BCUT2D eigenvalue weighted by Crippen LogP contribution is -2.74. The van der Waals surface area contributed by atoms with Crippen molar-refractivity contribution in [2.75, 3.05) is 43.9 Å². The van der Waals surface area contributed by atoms with E-state index in [-0.39, 0.29) is 31.7 Å². The smallest absolute Gasteiger partial charge is 0.332 e. The van der Waals surface area contributed by atoms with Gasteiger partial charge in [-0.1, -0.05) is 0 Å². The number of aliphatic carboxylic acids is 1. The van der Waals surface area contributed by atoms with Crippen molar-refractivity contribution in [3.8, 4) is 0 Å². The number of imide groups is 2. The molecule has 186 valence electrons. The Balaban J connectivity index is 1.76. The molecule has 0 saturated carbocycles. The van der Waals surface area contributed by atoms with Gasteiger partial charge in [0, 0.05) is 58.4 Å². The van der Waals surface area contributed by atoms with Gasteiger partial charge >= 0.3 is 12.0 Å². The van der Waals surface area contributed by atoms with E-state index < -0.39 is 41.2 Å². The Morgan fingerprint density at radius 2 is 1.71 bits per heavy atom. The number of carboxylic acids is 1. The molecule has 2 fully saturated rings. The number of piperazine rings is 1. The van der Waals surface area contributed by atoms with Crippen molar-refractivity contribution < 1.29 is 33.9 Å². The molecule has 0 radical (unpaired) electrons. The maximum Gasteiger partial charge on any atom is 0.332 e. The Labute approximate surface area is 201 Å². The average Bonchev–Trinajstić information content (AvgIpc) is 2.83. The fourth-order valence-corrected chi connectivity index (χ4v) is 5.25. The molecule has 2 saturated heterocycles. The summed E-state index contributed by atoms with van der Waals surface area (Å²) in [5, 5.41) is 11.5. The van der Waals surface area contributed by atoms with E-state index >= 15 is 0 Å². The van der Waals surface area contributed by atoms with Crippen molar-refractivity contribution in [3.63, 3.8) is 0 Å². The first-order chi connectivity index (χ1) is 16.5. The first-order valence-electron chi connectivity index (χ1n) is 11.2. The summed E-state index contributed by atoms with van der Waals surface area (Å²) in [5.41, 5.74) is 0.176. The van der Waals surface area contributed by atoms with Gasteiger partial charge in [-0.15, -0.1) is 0 Å². The molecule has 3 aliphatic rings. The van der Waals surface area contributed by atoms with Gasteiger partial charge in [0.2, 0.25) is 23.6 Å². The number of nitrogens with one attached hydrogen (secondary N) is 1. The normalized spacial score (nSPS) is 21.1. The number of amides is 6. The van der Waals surface area contributed by atoms with Crippen LogP contribution in [0.2, 0.25) is 0 Å². The lowest BCUT2D eigenvalue weighted by molar-refractivity contribution is -0.161. The van der Waals surface area contributed by atoms with Crippen molar-refractivity contribution in [2.45, 2.75) is 32.2 Å². The van der Waals surface area contributed by atoms with Crippen LogP contribution in [-0.2, 0) is 30.4 Å². The molecule has 2 N–H and O–H groups in total. The first kappa shape index (κ1) is 24.2. The number of hydrogen-bond acceptors (Lipinski definition) is 7. The second-order valence-corrected chi connectivity index (χ2v) is 9.12. The molecule has 1 aromatic rings. The third-order valence-corrected chi connectivity index (χ3v) is 7.05. The minimum Gasteiger partial charge on any atom is -0.481 e. The minimum atomic E-state index is -1.63. The van der Waals surface area contributed by atoms with E-state index in [2.05, 4.69) is 5.32 Å². The topological polar surface area (TPSA) is 148 Å².